The zero-order chi connectivity index (χ0) is 15.7. The lowest BCUT2D eigenvalue weighted by Crippen LogP contribution is -2.21. The molecule has 0 aliphatic carbocycles. The van der Waals surface area contributed by atoms with E-state index in [1.807, 2.05) is 0 Å². The summed E-state index contributed by atoms with van der Waals surface area (Å²) in [5.74, 6) is 0.686. The Kier molecular flexibility index (Phi) is 3.88. The Hall–Kier alpha value is -2.29. The Morgan fingerprint density at radius 1 is 0.955 bits per heavy atom. The maximum Gasteiger partial charge on any atom is 0.227 e. The van der Waals surface area contributed by atoms with E-state index < -0.39 is 0 Å². The lowest BCUT2D eigenvalue weighted by molar-refractivity contribution is 0.619. The smallest absolute Gasteiger partial charge is 0.227 e. The first-order valence-electron chi connectivity index (χ1n) is 7.85. The van der Waals surface area contributed by atoms with Crippen molar-refractivity contribution in [3.05, 3.63) is 47.5 Å². The summed E-state index contributed by atoms with van der Waals surface area (Å²) in [6.45, 7) is 10.6. The molecule has 114 valence electrons. The molecule has 3 rings (SSSR count). The quantitative estimate of drug-likeness (QED) is 0.681. The SMILES string of the molecule is CCN(CC)c1ccc(-c2nc3cc(C)c(C)cc3o2)cc1. The summed E-state index contributed by atoms with van der Waals surface area (Å²) in [6, 6.07) is 12.6. The number of anilines is 1. The average Bonchev–Trinajstić information content (AvgIpc) is 2.92. The highest BCUT2D eigenvalue weighted by molar-refractivity contribution is 5.78. The molecule has 1 aromatic heterocycles. The number of fused-ring (bicyclic) bond motifs is 1. The van der Waals surface area contributed by atoms with Crippen LogP contribution in [0.4, 0.5) is 5.69 Å². The van der Waals surface area contributed by atoms with Crippen molar-refractivity contribution < 1.29 is 4.42 Å². The second-order valence-corrected chi connectivity index (χ2v) is 5.64. The molecule has 0 saturated heterocycles. The van der Waals surface area contributed by atoms with Crippen molar-refractivity contribution in [2.45, 2.75) is 27.7 Å². The van der Waals surface area contributed by atoms with E-state index in [2.05, 4.69) is 74.0 Å². The average molecular weight is 294 g/mol. The van der Waals surface area contributed by atoms with Crippen molar-refractivity contribution in [1.29, 1.82) is 0 Å². The molecule has 0 aliphatic heterocycles. The predicted molar refractivity (Wildman–Crippen MR) is 92.5 cm³/mol. The Morgan fingerprint density at radius 2 is 1.59 bits per heavy atom. The van der Waals surface area contributed by atoms with Gasteiger partial charge in [0, 0.05) is 24.3 Å². The summed E-state index contributed by atoms with van der Waals surface area (Å²) in [6.07, 6.45) is 0. The van der Waals surface area contributed by atoms with Gasteiger partial charge in [0.1, 0.15) is 5.52 Å². The van der Waals surface area contributed by atoms with Crippen LogP contribution in [0.15, 0.2) is 40.8 Å². The fourth-order valence-corrected chi connectivity index (χ4v) is 2.71. The second-order valence-electron chi connectivity index (χ2n) is 5.64. The van der Waals surface area contributed by atoms with Gasteiger partial charge in [-0.05, 0) is 75.2 Å². The minimum atomic E-state index is 0.686. The van der Waals surface area contributed by atoms with Crippen LogP contribution in [-0.4, -0.2) is 18.1 Å². The molecule has 0 saturated carbocycles. The van der Waals surface area contributed by atoms with E-state index >= 15 is 0 Å². The van der Waals surface area contributed by atoms with E-state index in [1.54, 1.807) is 0 Å². The first kappa shape index (κ1) is 14.6. The molecule has 0 aliphatic rings. The van der Waals surface area contributed by atoms with Crippen molar-refractivity contribution in [3.63, 3.8) is 0 Å². The summed E-state index contributed by atoms with van der Waals surface area (Å²) < 4.78 is 5.92. The minimum absolute atomic E-state index is 0.686. The van der Waals surface area contributed by atoms with Gasteiger partial charge < -0.3 is 9.32 Å². The third kappa shape index (κ3) is 2.59. The topological polar surface area (TPSA) is 29.3 Å². The molecule has 1 heterocycles. The van der Waals surface area contributed by atoms with E-state index in [4.69, 9.17) is 4.42 Å². The molecule has 3 nitrogen and oxygen atoms in total. The van der Waals surface area contributed by atoms with Gasteiger partial charge in [0.05, 0.1) is 0 Å². The zero-order valence-electron chi connectivity index (χ0n) is 13.7. The summed E-state index contributed by atoms with van der Waals surface area (Å²) in [5.41, 5.74) is 6.49. The van der Waals surface area contributed by atoms with Crippen LogP contribution in [0, 0.1) is 13.8 Å². The van der Waals surface area contributed by atoms with E-state index in [9.17, 15) is 0 Å². The van der Waals surface area contributed by atoms with Gasteiger partial charge in [0.2, 0.25) is 5.89 Å². The Balaban J connectivity index is 1.97. The molecule has 0 unspecified atom stereocenters. The highest BCUT2D eigenvalue weighted by Gasteiger charge is 2.10. The molecule has 2 aromatic carbocycles. The van der Waals surface area contributed by atoms with Gasteiger partial charge in [-0.3, -0.25) is 0 Å². The first-order chi connectivity index (χ1) is 10.6. The first-order valence-corrected chi connectivity index (χ1v) is 7.85. The molecular weight excluding hydrogens is 272 g/mol. The van der Waals surface area contributed by atoms with E-state index in [0.717, 1.165) is 29.8 Å². The minimum Gasteiger partial charge on any atom is -0.436 e. The molecular formula is C19H22N2O. The van der Waals surface area contributed by atoms with Crippen LogP contribution in [0.25, 0.3) is 22.6 Å². The molecule has 0 fully saturated rings. The molecule has 0 N–H and O–H groups in total. The number of benzene rings is 2. The fraction of sp³-hybridized carbons (Fsp3) is 0.316. The van der Waals surface area contributed by atoms with Crippen molar-refractivity contribution >= 4 is 16.8 Å². The van der Waals surface area contributed by atoms with Gasteiger partial charge >= 0.3 is 0 Å². The van der Waals surface area contributed by atoms with E-state index in [1.165, 1.54) is 16.8 Å². The summed E-state index contributed by atoms with van der Waals surface area (Å²) in [5, 5.41) is 0. The number of oxazole rings is 1. The number of rotatable bonds is 4. The summed E-state index contributed by atoms with van der Waals surface area (Å²) in [4.78, 5) is 6.94. The summed E-state index contributed by atoms with van der Waals surface area (Å²) >= 11 is 0. The highest BCUT2D eigenvalue weighted by atomic mass is 16.3. The van der Waals surface area contributed by atoms with Gasteiger partial charge in [-0.15, -0.1) is 0 Å². The van der Waals surface area contributed by atoms with Crippen molar-refractivity contribution in [2.75, 3.05) is 18.0 Å². The Morgan fingerprint density at radius 3 is 2.23 bits per heavy atom. The van der Waals surface area contributed by atoms with Crippen LogP contribution in [0.5, 0.6) is 0 Å². The number of aryl methyl sites for hydroxylation is 2. The molecule has 3 aromatic rings. The van der Waals surface area contributed by atoms with Crippen LogP contribution < -0.4 is 4.90 Å². The van der Waals surface area contributed by atoms with Crippen LogP contribution in [0.1, 0.15) is 25.0 Å². The van der Waals surface area contributed by atoms with Crippen LogP contribution >= 0.6 is 0 Å². The van der Waals surface area contributed by atoms with Crippen LogP contribution in [0.2, 0.25) is 0 Å². The molecule has 0 bridgehead atoms. The fourth-order valence-electron chi connectivity index (χ4n) is 2.71. The third-order valence-electron chi connectivity index (χ3n) is 4.25. The third-order valence-corrected chi connectivity index (χ3v) is 4.25. The number of nitrogens with zero attached hydrogens (tertiary/aromatic N) is 2. The largest absolute Gasteiger partial charge is 0.436 e. The van der Waals surface area contributed by atoms with Crippen LogP contribution in [-0.2, 0) is 0 Å². The second kappa shape index (κ2) is 5.84. The highest BCUT2D eigenvalue weighted by Crippen LogP contribution is 2.27. The van der Waals surface area contributed by atoms with E-state index in [0.29, 0.717) is 5.89 Å². The maximum atomic E-state index is 5.92. The number of aromatic nitrogens is 1. The molecule has 0 spiro atoms. The van der Waals surface area contributed by atoms with Crippen molar-refractivity contribution in [2.24, 2.45) is 0 Å². The molecule has 3 heteroatoms. The summed E-state index contributed by atoms with van der Waals surface area (Å²) in [7, 11) is 0. The van der Waals surface area contributed by atoms with Crippen molar-refractivity contribution in [3.8, 4) is 11.5 Å². The Labute approximate surface area is 131 Å². The molecule has 0 radical (unpaired) electrons. The molecule has 0 amide bonds. The van der Waals surface area contributed by atoms with Crippen molar-refractivity contribution in [1.82, 2.24) is 4.98 Å². The lowest BCUT2D eigenvalue weighted by atomic mass is 10.1. The van der Waals surface area contributed by atoms with Gasteiger partial charge in [0.25, 0.3) is 0 Å². The standard InChI is InChI=1S/C19H22N2O/c1-5-21(6-2)16-9-7-15(8-10-16)19-20-17-11-13(3)14(4)12-18(17)22-19/h7-12H,5-6H2,1-4H3. The normalized spacial score (nSPS) is 11.1. The predicted octanol–water partition coefficient (Wildman–Crippen LogP) is 4.96. The van der Waals surface area contributed by atoms with Gasteiger partial charge in [-0.2, -0.15) is 0 Å². The lowest BCUT2D eigenvalue weighted by Gasteiger charge is -2.20. The Bertz CT molecular complexity index is 744. The molecule has 22 heavy (non-hydrogen) atoms. The monoisotopic (exact) mass is 294 g/mol. The van der Waals surface area contributed by atoms with Gasteiger partial charge in [-0.1, -0.05) is 0 Å². The molecule has 0 atom stereocenters. The van der Waals surface area contributed by atoms with Crippen LogP contribution in [0.3, 0.4) is 0 Å². The van der Waals surface area contributed by atoms with Gasteiger partial charge in [0.15, 0.2) is 5.58 Å². The number of hydrogen-bond donors (Lipinski definition) is 0. The van der Waals surface area contributed by atoms with Gasteiger partial charge in [-0.25, -0.2) is 4.98 Å². The maximum absolute atomic E-state index is 5.92. The van der Waals surface area contributed by atoms with E-state index in [-0.39, 0.29) is 0 Å². The number of hydrogen-bond acceptors (Lipinski definition) is 3. The zero-order valence-corrected chi connectivity index (χ0v) is 13.7.